The summed E-state index contributed by atoms with van der Waals surface area (Å²) in [5.41, 5.74) is 1.85. The molecule has 0 aromatic heterocycles. The van der Waals surface area contributed by atoms with E-state index in [-0.39, 0.29) is 24.1 Å². The number of carbonyl (C=O) groups is 2. The van der Waals surface area contributed by atoms with Crippen LogP contribution in [0, 0.1) is 5.82 Å². The summed E-state index contributed by atoms with van der Waals surface area (Å²) in [6.45, 7) is 2.68. The van der Waals surface area contributed by atoms with Crippen LogP contribution in [0.15, 0.2) is 48.5 Å². The first kappa shape index (κ1) is 20.4. The molecule has 2 aromatic carbocycles. The summed E-state index contributed by atoms with van der Waals surface area (Å²) in [4.78, 5) is 25.6. The molecule has 144 valence electrons. The third-order valence-electron chi connectivity index (χ3n) is 4.26. The number of hydrogen-bond donors (Lipinski definition) is 1. The highest BCUT2D eigenvalue weighted by atomic mass is 19.1. The number of carbonyl (C=O) groups excluding carboxylic acids is 2. The van der Waals surface area contributed by atoms with E-state index < -0.39 is 0 Å². The number of halogens is 1. The molecule has 0 heterocycles. The van der Waals surface area contributed by atoms with Gasteiger partial charge in [0.25, 0.3) is 0 Å². The lowest BCUT2D eigenvalue weighted by Crippen LogP contribution is -2.34. The lowest BCUT2D eigenvalue weighted by atomic mass is 10.1. The van der Waals surface area contributed by atoms with Gasteiger partial charge in [-0.1, -0.05) is 30.3 Å². The number of benzene rings is 2. The summed E-state index contributed by atoms with van der Waals surface area (Å²) in [7, 11) is 1.59. The van der Waals surface area contributed by atoms with E-state index >= 15 is 0 Å². The normalized spacial score (nSPS) is 10.3. The molecule has 0 radical (unpaired) electrons. The van der Waals surface area contributed by atoms with E-state index in [2.05, 4.69) is 5.32 Å². The first-order chi connectivity index (χ1) is 13.0. The third kappa shape index (κ3) is 6.73. The molecule has 0 unspecified atom stereocenters. The van der Waals surface area contributed by atoms with Crippen molar-refractivity contribution in [2.24, 2.45) is 0 Å². The third-order valence-corrected chi connectivity index (χ3v) is 4.26. The van der Waals surface area contributed by atoms with Gasteiger partial charge >= 0.3 is 0 Å². The Morgan fingerprint density at radius 2 is 1.81 bits per heavy atom. The van der Waals surface area contributed by atoms with Crippen LogP contribution < -0.4 is 10.1 Å². The monoisotopic (exact) mass is 372 g/mol. The highest BCUT2D eigenvalue weighted by Crippen LogP contribution is 2.19. The average molecular weight is 372 g/mol. The fourth-order valence-electron chi connectivity index (χ4n) is 2.71. The number of nitrogens with one attached hydrogen (secondary N) is 1. The molecule has 2 aromatic rings. The molecule has 0 saturated heterocycles. The van der Waals surface area contributed by atoms with E-state index in [1.165, 1.54) is 19.1 Å². The van der Waals surface area contributed by atoms with Crippen molar-refractivity contribution in [2.45, 2.75) is 26.3 Å². The Balaban J connectivity index is 1.80. The standard InChI is InChI=1S/C21H25FN2O3/c1-16(25)24(15-18-5-3-4-6-20(18)27-2)14-12-21(26)23-13-11-17-7-9-19(22)10-8-17/h3-10H,11-15H2,1-2H3,(H,23,26). The number of ether oxygens (including phenoxy) is 1. The van der Waals surface area contributed by atoms with Crippen LogP contribution in [-0.4, -0.2) is 36.9 Å². The Morgan fingerprint density at radius 1 is 1.11 bits per heavy atom. The molecule has 6 heteroatoms. The van der Waals surface area contributed by atoms with Crippen molar-refractivity contribution < 1.29 is 18.7 Å². The number of para-hydroxylation sites is 1. The van der Waals surface area contributed by atoms with Crippen LogP contribution in [0.25, 0.3) is 0 Å². The van der Waals surface area contributed by atoms with E-state index in [1.807, 2.05) is 24.3 Å². The van der Waals surface area contributed by atoms with Crippen LogP contribution in [0.1, 0.15) is 24.5 Å². The quantitative estimate of drug-likeness (QED) is 0.736. The fraction of sp³-hybridized carbons (Fsp3) is 0.333. The molecule has 2 amide bonds. The van der Waals surface area contributed by atoms with Gasteiger partial charge in [0.2, 0.25) is 11.8 Å². The minimum absolute atomic E-state index is 0.0972. The summed E-state index contributed by atoms with van der Waals surface area (Å²) in [6.07, 6.45) is 0.849. The summed E-state index contributed by atoms with van der Waals surface area (Å²) in [5, 5.41) is 2.83. The summed E-state index contributed by atoms with van der Waals surface area (Å²) in [5.74, 6) is 0.220. The van der Waals surface area contributed by atoms with Crippen LogP contribution >= 0.6 is 0 Å². The first-order valence-corrected chi connectivity index (χ1v) is 8.88. The predicted octanol–water partition coefficient (Wildman–Crippen LogP) is 2.93. The SMILES string of the molecule is COc1ccccc1CN(CCC(=O)NCCc1ccc(F)cc1)C(C)=O. The van der Waals surface area contributed by atoms with Gasteiger partial charge in [0, 0.05) is 38.5 Å². The molecule has 2 rings (SSSR count). The highest BCUT2D eigenvalue weighted by molar-refractivity contribution is 5.78. The molecule has 0 spiro atoms. The lowest BCUT2D eigenvalue weighted by Gasteiger charge is -2.22. The molecule has 1 N–H and O–H groups in total. The largest absolute Gasteiger partial charge is 0.496 e. The second-order valence-corrected chi connectivity index (χ2v) is 6.23. The maximum Gasteiger partial charge on any atom is 0.221 e. The minimum Gasteiger partial charge on any atom is -0.496 e. The van der Waals surface area contributed by atoms with E-state index in [0.29, 0.717) is 31.8 Å². The van der Waals surface area contributed by atoms with Crippen molar-refractivity contribution in [2.75, 3.05) is 20.2 Å². The van der Waals surface area contributed by atoms with Gasteiger partial charge in [-0.3, -0.25) is 9.59 Å². The Bertz CT molecular complexity index is 762. The van der Waals surface area contributed by atoms with E-state index in [0.717, 1.165) is 11.1 Å². The number of amides is 2. The minimum atomic E-state index is -0.276. The average Bonchev–Trinajstić information content (AvgIpc) is 2.66. The fourth-order valence-corrected chi connectivity index (χ4v) is 2.71. The number of rotatable bonds is 9. The lowest BCUT2D eigenvalue weighted by molar-refractivity contribution is -0.130. The maximum absolute atomic E-state index is 12.9. The highest BCUT2D eigenvalue weighted by Gasteiger charge is 2.14. The zero-order valence-electron chi connectivity index (χ0n) is 15.7. The van der Waals surface area contributed by atoms with Gasteiger partial charge < -0.3 is 15.0 Å². The van der Waals surface area contributed by atoms with Gasteiger partial charge in [0.15, 0.2) is 0 Å². The molecule has 0 fully saturated rings. The van der Waals surface area contributed by atoms with Crippen molar-refractivity contribution in [3.05, 3.63) is 65.5 Å². The molecular weight excluding hydrogens is 347 g/mol. The molecule has 5 nitrogen and oxygen atoms in total. The Kier molecular flexibility index (Phi) is 7.79. The predicted molar refractivity (Wildman–Crippen MR) is 102 cm³/mol. The van der Waals surface area contributed by atoms with E-state index in [1.54, 1.807) is 24.1 Å². The number of hydrogen-bond acceptors (Lipinski definition) is 3. The summed E-state index contributed by atoms with van der Waals surface area (Å²) in [6, 6.07) is 13.7. The molecule has 0 bridgehead atoms. The van der Waals surface area contributed by atoms with Crippen LogP contribution in [0.5, 0.6) is 5.75 Å². The molecular formula is C21H25FN2O3. The smallest absolute Gasteiger partial charge is 0.221 e. The Morgan fingerprint density at radius 3 is 2.48 bits per heavy atom. The van der Waals surface area contributed by atoms with Gasteiger partial charge in [-0.05, 0) is 30.2 Å². The van der Waals surface area contributed by atoms with Crippen molar-refractivity contribution in [3.8, 4) is 5.75 Å². The molecule has 0 atom stereocenters. The second kappa shape index (κ2) is 10.3. The zero-order chi connectivity index (χ0) is 19.6. The van der Waals surface area contributed by atoms with Crippen LogP contribution in [0.3, 0.4) is 0 Å². The second-order valence-electron chi connectivity index (χ2n) is 6.23. The molecule has 0 aliphatic heterocycles. The topological polar surface area (TPSA) is 58.6 Å². The van der Waals surface area contributed by atoms with Crippen LogP contribution in [0.2, 0.25) is 0 Å². The zero-order valence-corrected chi connectivity index (χ0v) is 15.7. The van der Waals surface area contributed by atoms with Gasteiger partial charge in [-0.15, -0.1) is 0 Å². The van der Waals surface area contributed by atoms with Crippen molar-refractivity contribution in [1.82, 2.24) is 10.2 Å². The van der Waals surface area contributed by atoms with Crippen molar-refractivity contribution >= 4 is 11.8 Å². The van der Waals surface area contributed by atoms with Gasteiger partial charge in [0.1, 0.15) is 11.6 Å². The summed E-state index contributed by atoms with van der Waals surface area (Å²) >= 11 is 0. The summed E-state index contributed by atoms with van der Waals surface area (Å²) < 4.78 is 18.2. The van der Waals surface area contributed by atoms with Crippen molar-refractivity contribution in [3.63, 3.8) is 0 Å². The Hall–Kier alpha value is -2.89. The van der Waals surface area contributed by atoms with Gasteiger partial charge in [0.05, 0.1) is 7.11 Å². The number of methoxy groups -OCH3 is 1. The molecule has 27 heavy (non-hydrogen) atoms. The van der Waals surface area contributed by atoms with Gasteiger partial charge in [-0.25, -0.2) is 4.39 Å². The van der Waals surface area contributed by atoms with Gasteiger partial charge in [-0.2, -0.15) is 0 Å². The first-order valence-electron chi connectivity index (χ1n) is 8.88. The van der Waals surface area contributed by atoms with Crippen molar-refractivity contribution in [1.29, 1.82) is 0 Å². The van der Waals surface area contributed by atoms with E-state index in [9.17, 15) is 14.0 Å². The van der Waals surface area contributed by atoms with Crippen LogP contribution in [-0.2, 0) is 22.6 Å². The maximum atomic E-state index is 12.9. The number of nitrogens with zero attached hydrogens (tertiary/aromatic N) is 1. The molecule has 0 aliphatic carbocycles. The van der Waals surface area contributed by atoms with E-state index in [4.69, 9.17) is 4.74 Å². The Labute approximate surface area is 159 Å². The van der Waals surface area contributed by atoms with Crippen LogP contribution in [0.4, 0.5) is 4.39 Å². The molecule has 0 saturated carbocycles. The molecule has 0 aliphatic rings.